The van der Waals surface area contributed by atoms with Crippen LogP contribution in [-0.2, 0) is 16.7 Å². The molecule has 4 rings (SSSR count). The Morgan fingerprint density at radius 3 is 2.77 bits per heavy atom. The van der Waals surface area contributed by atoms with Gasteiger partial charge in [-0.05, 0) is 49.9 Å². The summed E-state index contributed by atoms with van der Waals surface area (Å²) in [6.07, 6.45) is 3.46. The highest BCUT2D eigenvalue weighted by Gasteiger charge is 2.24. The standard InChI is InChI=1S/C24H32N4O2/c1-24(2,3)21-20-14-18(15-25-12-7-8-17-11-13-30-16-17)23(29)26-22(20)28(27-21)19-9-5-4-6-10-19/h4-6,9-10,14,17,25H,7-8,11-13,15-16H2,1-3H3,(H,26,29). The van der Waals surface area contributed by atoms with E-state index in [1.54, 1.807) is 0 Å². The second-order valence-electron chi connectivity index (χ2n) is 9.28. The van der Waals surface area contributed by atoms with Gasteiger partial charge in [-0.1, -0.05) is 39.0 Å². The lowest BCUT2D eigenvalue weighted by Gasteiger charge is -2.15. The minimum atomic E-state index is -0.134. The quantitative estimate of drug-likeness (QED) is 0.581. The Hall–Kier alpha value is -2.44. The van der Waals surface area contributed by atoms with Crippen molar-refractivity contribution < 1.29 is 4.74 Å². The Balaban J connectivity index is 1.56. The fourth-order valence-electron chi connectivity index (χ4n) is 4.11. The van der Waals surface area contributed by atoms with Crippen molar-refractivity contribution in [2.75, 3.05) is 19.8 Å². The van der Waals surface area contributed by atoms with Crippen LogP contribution in [0.4, 0.5) is 0 Å². The summed E-state index contributed by atoms with van der Waals surface area (Å²) in [7, 11) is 0. The number of H-pyrrole nitrogens is 1. The van der Waals surface area contributed by atoms with E-state index in [9.17, 15) is 4.79 Å². The summed E-state index contributed by atoms with van der Waals surface area (Å²) in [5.74, 6) is 0.699. The monoisotopic (exact) mass is 408 g/mol. The molecule has 1 aromatic carbocycles. The first-order chi connectivity index (χ1) is 14.4. The highest BCUT2D eigenvalue weighted by atomic mass is 16.5. The summed E-state index contributed by atoms with van der Waals surface area (Å²) in [6.45, 7) is 9.73. The Bertz CT molecular complexity index is 1040. The molecular formula is C24H32N4O2. The molecule has 0 saturated carbocycles. The van der Waals surface area contributed by atoms with Gasteiger partial charge in [-0.2, -0.15) is 5.10 Å². The van der Waals surface area contributed by atoms with Crippen LogP contribution in [0.3, 0.4) is 0 Å². The molecule has 0 bridgehead atoms. The first-order valence-electron chi connectivity index (χ1n) is 10.9. The van der Waals surface area contributed by atoms with Crippen molar-refractivity contribution in [1.29, 1.82) is 0 Å². The average molecular weight is 409 g/mol. The summed E-state index contributed by atoms with van der Waals surface area (Å²) < 4.78 is 7.28. The molecule has 0 aliphatic carbocycles. The molecular weight excluding hydrogens is 376 g/mol. The van der Waals surface area contributed by atoms with Crippen molar-refractivity contribution in [2.45, 2.75) is 52.0 Å². The van der Waals surface area contributed by atoms with Gasteiger partial charge in [0.05, 0.1) is 11.4 Å². The highest BCUT2D eigenvalue weighted by Crippen LogP contribution is 2.29. The van der Waals surface area contributed by atoms with E-state index in [1.807, 2.05) is 41.1 Å². The number of aromatic nitrogens is 3. The Labute approximate surface area is 177 Å². The molecule has 3 aromatic rings. The number of para-hydroxylation sites is 1. The van der Waals surface area contributed by atoms with E-state index in [1.165, 1.54) is 12.8 Å². The van der Waals surface area contributed by atoms with Crippen LogP contribution in [0.2, 0.25) is 0 Å². The molecule has 0 spiro atoms. The van der Waals surface area contributed by atoms with Crippen LogP contribution >= 0.6 is 0 Å². The number of aromatic amines is 1. The van der Waals surface area contributed by atoms with Crippen LogP contribution < -0.4 is 10.9 Å². The van der Waals surface area contributed by atoms with Crippen molar-refractivity contribution >= 4 is 11.0 Å². The number of nitrogens with one attached hydrogen (secondary N) is 2. The van der Waals surface area contributed by atoms with Gasteiger partial charge < -0.3 is 15.0 Å². The number of benzene rings is 1. The van der Waals surface area contributed by atoms with Gasteiger partial charge in [0, 0.05) is 36.1 Å². The Morgan fingerprint density at radius 1 is 1.27 bits per heavy atom. The fourth-order valence-corrected chi connectivity index (χ4v) is 4.11. The van der Waals surface area contributed by atoms with Gasteiger partial charge in [0.1, 0.15) is 5.65 Å². The predicted octanol–water partition coefficient (Wildman–Crippen LogP) is 3.92. The number of nitrogens with zero attached hydrogens (tertiary/aromatic N) is 2. The number of rotatable bonds is 7. The molecule has 0 amide bonds. The lowest BCUT2D eigenvalue weighted by Crippen LogP contribution is -2.22. The smallest absolute Gasteiger partial charge is 0.254 e. The van der Waals surface area contributed by atoms with Crippen LogP contribution in [0.5, 0.6) is 0 Å². The van der Waals surface area contributed by atoms with Gasteiger partial charge in [-0.25, -0.2) is 4.68 Å². The maximum absolute atomic E-state index is 12.8. The molecule has 160 valence electrons. The molecule has 1 aliphatic heterocycles. The number of fused-ring (bicyclic) bond motifs is 1. The molecule has 1 unspecified atom stereocenters. The number of hydrogen-bond donors (Lipinski definition) is 2. The molecule has 1 atom stereocenters. The zero-order chi connectivity index (χ0) is 21.1. The summed E-state index contributed by atoms with van der Waals surface area (Å²) in [4.78, 5) is 15.9. The molecule has 6 nitrogen and oxygen atoms in total. The molecule has 1 saturated heterocycles. The predicted molar refractivity (Wildman–Crippen MR) is 120 cm³/mol. The van der Waals surface area contributed by atoms with E-state index in [2.05, 4.69) is 31.1 Å². The molecule has 2 aromatic heterocycles. The van der Waals surface area contributed by atoms with Crippen molar-refractivity contribution in [3.05, 3.63) is 58.0 Å². The lowest BCUT2D eigenvalue weighted by molar-refractivity contribution is 0.184. The van der Waals surface area contributed by atoms with Crippen LogP contribution in [0, 0.1) is 5.92 Å². The SMILES string of the molecule is CC(C)(C)c1nn(-c2ccccc2)c2[nH]c(=O)c(CNCCCC3CCOC3)cc12. The molecule has 6 heteroatoms. The number of pyridine rings is 1. The molecule has 1 fully saturated rings. The molecule has 0 radical (unpaired) electrons. The maximum atomic E-state index is 12.8. The van der Waals surface area contributed by atoms with Crippen LogP contribution in [0.25, 0.3) is 16.7 Å². The van der Waals surface area contributed by atoms with Crippen molar-refractivity contribution in [3.63, 3.8) is 0 Å². The van der Waals surface area contributed by atoms with E-state index in [0.29, 0.717) is 12.5 Å². The second-order valence-corrected chi connectivity index (χ2v) is 9.28. The summed E-state index contributed by atoms with van der Waals surface area (Å²) in [5, 5.41) is 9.33. The summed E-state index contributed by atoms with van der Waals surface area (Å²) in [6, 6.07) is 12.0. The minimum absolute atomic E-state index is 0.0586. The van der Waals surface area contributed by atoms with Gasteiger partial charge in [-0.15, -0.1) is 0 Å². The van der Waals surface area contributed by atoms with Crippen molar-refractivity contribution in [2.24, 2.45) is 5.92 Å². The average Bonchev–Trinajstić information content (AvgIpc) is 3.36. The molecule has 3 heterocycles. The fraction of sp³-hybridized carbons (Fsp3) is 0.500. The van der Waals surface area contributed by atoms with Crippen LogP contribution in [0.15, 0.2) is 41.2 Å². The van der Waals surface area contributed by atoms with Gasteiger partial charge in [0.15, 0.2) is 0 Å². The maximum Gasteiger partial charge on any atom is 0.254 e. The first-order valence-corrected chi connectivity index (χ1v) is 10.9. The van der Waals surface area contributed by atoms with Gasteiger partial charge in [0.2, 0.25) is 0 Å². The van der Waals surface area contributed by atoms with E-state index in [-0.39, 0.29) is 11.0 Å². The third-order valence-corrected chi connectivity index (χ3v) is 5.78. The zero-order valence-corrected chi connectivity index (χ0v) is 18.2. The van der Waals surface area contributed by atoms with Gasteiger partial charge in [0.25, 0.3) is 5.56 Å². The van der Waals surface area contributed by atoms with Crippen molar-refractivity contribution in [1.82, 2.24) is 20.1 Å². The molecule has 2 N–H and O–H groups in total. The third-order valence-electron chi connectivity index (χ3n) is 5.78. The van der Waals surface area contributed by atoms with Gasteiger partial charge in [-0.3, -0.25) is 4.79 Å². The van der Waals surface area contributed by atoms with Crippen LogP contribution in [-0.4, -0.2) is 34.5 Å². The van der Waals surface area contributed by atoms with E-state index in [4.69, 9.17) is 9.84 Å². The van der Waals surface area contributed by atoms with E-state index >= 15 is 0 Å². The highest BCUT2D eigenvalue weighted by molar-refractivity contribution is 5.81. The topological polar surface area (TPSA) is 71.9 Å². The minimum Gasteiger partial charge on any atom is -0.381 e. The van der Waals surface area contributed by atoms with E-state index < -0.39 is 0 Å². The summed E-state index contributed by atoms with van der Waals surface area (Å²) in [5.41, 5.74) is 3.24. The first kappa shape index (κ1) is 20.8. The molecule has 1 aliphatic rings. The third kappa shape index (κ3) is 4.50. The Morgan fingerprint density at radius 2 is 2.07 bits per heavy atom. The number of hydrogen-bond acceptors (Lipinski definition) is 4. The normalized spacial score (nSPS) is 17.1. The van der Waals surface area contributed by atoms with E-state index in [0.717, 1.165) is 54.2 Å². The largest absolute Gasteiger partial charge is 0.381 e. The molecule has 30 heavy (non-hydrogen) atoms. The van der Waals surface area contributed by atoms with Crippen LogP contribution in [0.1, 0.15) is 51.3 Å². The number of ether oxygens (including phenoxy) is 1. The second kappa shape index (κ2) is 8.74. The lowest BCUT2D eigenvalue weighted by atomic mass is 9.90. The van der Waals surface area contributed by atoms with Gasteiger partial charge >= 0.3 is 0 Å². The Kier molecular flexibility index (Phi) is 6.06. The zero-order valence-electron chi connectivity index (χ0n) is 18.2. The summed E-state index contributed by atoms with van der Waals surface area (Å²) >= 11 is 0. The van der Waals surface area contributed by atoms with Crippen molar-refractivity contribution in [3.8, 4) is 5.69 Å².